The number of halogens is 2. The van der Waals surface area contributed by atoms with Gasteiger partial charge in [0.1, 0.15) is 6.07 Å². The van der Waals surface area contributed by atoms with E-state index in [-0.39, 0.29) is 12.5 Å². The van der Waals surface area contributed by atoms with Crippen molar-refractivity contribution in [2.24, 2.45) is 0 Å². The molecule has 22 heavy (non-hydrogen) atoms. The third kappa shape index (κ3) is 4.72. The summed E-state index contributed by atoms with van der Waals surface area (Å²) in [5, 5.41) is 11.9. The number of carbonyl (C=O) groups excluding carboxylic acids is 1. The average molecular weight is 354 g/mol. The topological polar surface area (TPSA) is 56.1 Å². The van der Waals surface area contributed by atoms with Crippen molar-refractivity contribution in [2.75, 3.05) is 18.9 Å². The second-order valence-electron chi connectivity index (χ2n) is 4.73. The third-order valence-electron chi connectivity index (χ3n) is 2.84. The summed E-state index contributed by atoms with van der Waals surface area (Å²) in [5.74, 6) is -0.147. The summed E-state index contributed by atoms with van der Waals surface area (Å²) in [4.78, 5) is 15.0. The summed E-state index contributed by atoms with van der Waals surface area (Å²) in [6.45, 7) is 0.895. The fourth-order valence-corrected chi connectivity index (χ4v) is 3.28. The van der Waals surface area contributed by atoms with Gasteiger partial charge in [0.25, 0.3) is 0 Å². The molecule has 0 bridgehead atoms. The van der Waals surface area contributed by atoms with Crippen LogP contribution in [-0.2, 0) is 11.3 Å². The molecule has 4 nitrogen and oxygen atoms in total. The number of hydrogen-bond acceptors (Lipinski definition) is 4. The molecule has 0 aliphatic rings. The summed E-state index contributed by atoms with van der Waals surface area (Å²) in [5.41, 5.74) is 0.952. The number of nitrogens with zero attached hydrogens (tertiary/aromatic N) is 2. The number of rotatable bonds is 5. The molecule has 0 saturated carbocycles. The fourth-order valence-electron chi connectivity index (χ4n) is 1.89. The van der Waals surface area contributed by atoms with Crippen LogP contribution in [0.2, 0.25) is 9.36 Å². The molecule has 0 fully saturated rings. The van der Waals surface area contributed by atoms with Gasteiger partial charge in [0.05, 0.1) is 21.5 Å². The quantitative estimate of drug-likeness (QED) is 0.883. The maximum Gasteiger partial charge on any atom is 0.238 e. The van der Waals surface area contributed by atoms with Crippen LogP contribution in [0, 0.1) is 11.3 Å². The maximum absolute atomic E-state index is 12.0. The Hall–Kier alpha value is -1.58. The van der Waals surface area contributed by atoms with E-state index in [1.54, 1.807) is 18.2 Å². The summed E-state index contributed by atoms with van der Waals surface area (Å²) in [7, 11) is 1.86. The van der Waals surface area contributed by atoms with Gasteiger partial charge in [-0.2, -0.15) is 5.26 Å². The molecule has 0 spiro atoms. The van der Waals surface area contributed by atoms with Crippen LogP contribution in [0.1, 0.15) is 10.4 Å². The van der Waals surface area contributed by atoms with Crippen LogP contribution in [-0.4, -0.2) is 24.4 Å². The van der Waals surface area contributed by atoms with Crippen molar-refractivity contribution in [3.05, 3.63) is 50.1 Å². The first kappa shape index (κ1) is 16.8. The van der Waals surface area contributed by atoms with E-state index in [0.717, 1.165) is 9.21 Å². The lowest BCUT2D eigenvalue weighted by Crippen LogP contribution is -2.29. The number of nitrogens with one attached hydrogen (secondary N) is 1. The molecule has 1 amide bonds. The SMILES string of the molecule is CN(CC(=O)Nc1ccc(C#N)c(Cl)c1)Cc1ccc(Cl)s1. The predicted molar refractivity (Wildman–Crippen MR) is 90.5 cm³/mol. The molecule has 2 aromatic rings. The number of thiophene rings is 1. The molecule has 0 aliphatic heterocycles. The summed E-state index contributed by atoms with van der Waals surface area (Å²) >= 11 is 13.3. The number of carbonyl (C=O) groups is 1. The molecule has 0 atom stereocenters. The zero-order chi connectivity index (χ0) is 16.1. The standard InChI is InChI=1S/C15H13Cl2N3OS/c1-20(8-12-4-5-14(17)22-12)9-15(21)19-11-3-2-10(7-18)13(16)6-11/h2-6H,8-9H2,1H3,(H,19,21). The van der Waals surface area contributed by atoms with Gasteiger partial charge in [-0.25, -0.2) is 0 Å². The Kier molecular flexibility index (Phi) is 5.81. The van der Waals surface area contributed by atoms with Crippen LogP contribution in [0.5, 0.6) is 0 Å². The van der Waals surface area contributed by atoms with Gasteiger partial charge in [-0.05, 0) is 37.4 Å². The minimum absolute atomic E-state index is 0.147. The summed E-state index contributed by atoms with van der Waals surface area (Å²) in [6.07, 6.45) is 0. The Labute approximate surface area is 142 Å². The van der Waals surface area contributed by atoms with E-state index in [9.17, 15) is 4.79 Å². The van der Waals surface area contributed by atoms with E-state index in [1.807, 2.05) is 30.1 Å². The van der Waals surface area contributed by atoms with Gasteiger partial charge >= 0.3 is 0 Å². The van der Waals surface area contributed by atoms with Crippen molar-refractivity contribution < 1.29 is 4.79 Å². The Bertz CT molecular complexity index is 724. The summed E-state index contributed by atoms with van der Waals surface area (Å²) < 4.78 is 0.736. The first-order chi connectivity index (χ1) is 10.5. The van der Waals surface area contributed by atoms with Crippen molar-refractivity contribution in [3.8, 4) is 6.07 Å². The largest absolute Gasteiger partial charge is 0.325 e. The number of amides is 1. The minimum Gasteiger partial charge on any atom is -0.325 e. The molecule has 7 heteroatoms. The van der Waals surface area contributed by atoms with Crippen molar-refractivity contribution in [1.29, 1.82) is 5.26 Å². The highest BCUT2D eigenvalue weighted by atomic mass is 35.5. The predicted octanol–water partition coefficient (Wildman–Crippen LogP) is 4.00. The van der Waals surface area contributed by atoms with Crippen LogP contribution in [0.3, 0.4) is 0 Å². The van der Waals surface area contributed by atoms with Crippen LogP contribution < -0.4 is 5.32 Å². The number of anilines is 1. The minimum atomic E-state index is -0.147. The molecule has 1 heterocycles. The third-order valence-corrected chi connectivity index (χ3v) is 4.37. The number of hydrogen-bond donors (Lipinski definition) is 1. The van der Waals surface area contributed by atoms with Gasteiger partial charge in [0, 0.05) is 17.1 Å². The second-order valence-corrected chi connectivity index (χ2v) is 6.94. The van der Waals surface area contributed by atoms with E-state index in [2.05, 4.69) is 5.32 Å². The maximum atomic E-state index is 12.0. The van der Waals surface area contributed by atoms with E-state index in [4.69, 9.17) is 28.5 Å². The van der Waals surface area contributed by atoms with Gasteiger partial charge < -0.3 is 5.32 Å². The van der Waals surface area contributed by atoms with Crippen molar-refractivity contribution in [1.82, 2.24) is 4.90 Å². The van der Waals surface area contributed by atoms with Crippen LogP contribution in [0.25, 0.3) is 0 Å². The Balaban J connectivity index is 1.89. The number of likely N-dealkylation sites (N-methyl/N-ethyl adjacent to an activating group) is 1. The van der Waals surface area contributed by atoms with E-state index < -0.39 is 0 Å². The van der Waals surface area contributed by atoms with Gasteiger partial charge in [-0.15, -0.1) is 11.3 Å². The normalized spacial score (nSPS) is 10.5. The van der Waals surface area contributed by atoms with Crippen molar-refractivity contribution in [2.45, 2.75) is 6.54 Å². The van der Waals surface area contributed by atoms with Gasteiger partial charge in [-0.1, -0.05) is 23.2 Å². The lowest BCUT2D eigenvalue weighted by molar-refractivity contribution is -0.117. The van der Waals surface area contributed by atoms with Gasteiger partial charge in [0.2, 0.25) is 5.91 Å². The van der Waals surface area contributed by atoms with Gasteiger partial charge in [0.15, 0.2) is 0 Å². The molecule has 0 radical (unpaired) electrons. The molecule has 2 rings (SSSR count). The number of benzene rings is 1. The zero-order valence-corrected chi connectivity index (χ0v) is 14.1. The number of nitriles is 1. The fraction of sp³-hybridized carbons (Fsp3) is 0.200. The molecule has 114 valence electrons. The molecule has 1 aromatic heterocycles. The Morgan fingerprint density at radius 3 is 2.73 bits per heavy atom. The van der Waals surface area contributed by atoms with Crippen LogP contribution >= 0.6 is 34.5 Å². The lowest BCUT2D eigenvalue weighted by atomic mass is 10.2. The van der Waals surface area contributed by atoms with Gasteiger partial charge in [-0.3, -0.25) is 9.69 Å². The molecule has 1 aromatic carbocycles. The first-order valence-corrected chi connectivity index (χ1v) is 7.97. The molecular weight excluding hydrogens is 341 g/mol. The highest BCUT2D eigenvalue weighted by Gasteiger charge is 2.10. The van der Waals surface area contributed by atoms with E-state index in [0.29, 0.717) is 22.8 Å². The molecule has 0 aliphatic carbocycles. The van der Waals surface area contributed by atoms with E-state index >= 15 is 0 Å². The van der Waals surface area contributed by atoms with E-state index in [1.165, 1.54) is 11.3 Å². The zero-order valence-electron chi connectivity index (χ0n) is 11.8. The lowest BCUT2D eigenvalue weighted by Gasteiger charge is -2.15. The molecule has 0 saturated heterocycles. The average Bonchev–Trinajstić information content (AvgIpc) is 2.83. The highest BCUT2D eigenvalue weighted by molar-refractivity contribution is 7.16. The first-order valence-electron chi connectivity index (χ1n) is 6.40. The highest BCUT2D eigenvalue weighted by Crippen LogP contribution is 2.22. The molecule has 1 N–H and O–H groups in total. The smallest absolute Gasteiger partial charge is 0.238 e. The molecular formula is C15H13Cl2N3OS. The van der Waals surface area contributed by atoms with Crippen LogP contribution in [0.4, 0.5) is 5.69 Å². The Morgan fingerprint density at radius 1 is 1.36 bits per heavy atom. The second kappa shape index (κ2) is 7.61. The van der Waals surface area contributed by atoms with Crippen molar-refractivity contribution in [3.63, 3.8) is 0 Å². The summed E-state index contributed by atoms with van der Waals surface area (Å²) in [6, 6.07) is 10.6. The monoisotopic (exact) mass is 353 g/mol. The van der Waals surface area contributed by atoms with Crippen LogP contribution in [0.15, 0.2) is 30.3 Å². The molecule has 0 unspecified atom stereocenters. The Morgan fingerprint density at radius 2 is 2.14 bits per heavy atom. The van der Waals surface area contributed by atoms with Crippen molar-refractivity contribution >= 4 is 46.1 Å².